The fourth-order valence-corrected chi connectivity index (χ4v) is 2.86. The Morgan fingerprint density at radius 1 is 1.23 bits per heavy atom. The minimum absolute atomic E-state index is 0.0521. The third kappa shape index (κ3) is 4.25. The van der Waals surface area contributed by atoms with Crippen molar-refractivity contribution in [3.63, 3.8) is 0 Å². The highest BCUT2D eigenvalue weighted by Gasteiger charge is 2.32. The summed E-state index contributed by atoms with van der Waals surface area (Å²) in [7, 11) is 0. The largest absolute Gasteiger partial charge is 0.455 e. The van der Waals surface area contributed by atoms with Crippen molar-refractivity contribution < 1.29 is 9.53 Å². The predicted octanol–water partition coefficient (Wildman–Crippen LogP) is 3.35. The van der Waals surface area contributed by atoms with E-state index in [-0.39, 0.29) is 17.8 Å². The Bertz CT molecular complexity index is 821. The van der Waals surface area contributed by atoms with E-state index in [1.165, 1.54) is 0 Å². The van der Waals surface area contributed by atoms with E-state index in [4.69, 9.17) is 10.5 Å². The van der Waals surface area contributed by atoms with Gasteiger partial charge < -0.3 is 10.5 Å². The number of nitrogens with two attached hydrogens (primary N) is 1. The third-order valence-corrected chi connectivity index (χ3v) is 4.27. The van der Waals surface area contributed by atoms with Gasteiger partial charge in [0.1, 0.15) is 6.61 Å². The van der Waals surface area contributed by atoms with E-state index in [0.29, 0.717) is 11.6 Å². The molecule has 26 heavy (non-hydrogen) atoms. The first-order chi connectivity index (χ1) is 12.4. The van der Waals surface area contributed by atoms with Crippen LogP contribution in [0.3, 0.4) is 0 Å². The summed E-state index contributed by atoms with van der Waals surface area (Å²) in [6.45, 7) is 6.40. The lowest BCUT2D eigenvalue weighted by Gasteiger charge is -2.25. The Balaban J connectivity index is 1.83. The first-order valence-electron chi connectivity index (χ1n) is 8.77. The Morgan fingerprint density at radius 3 is 2.54 bits per heavy atom. The van der Waals surface area contributed by atoms with Crippen molar-refractivity contribution in [2.24, 2.45) is 17.1 Å². The highest BCUT2D eigenvalue weighted by Crippen LogP contribution is 2.43. The van der Waals surface area contributed by atoms with Crippen molar-refractivity contribution >= 4 is 11.5 Å². The van der Waals surface area contributed by atoms with E-state index in [9.17, 15) is 4.79 Å². The number of ether oxygens (including phenoxy) is 1. The second-order valence-corrected chi connectivity index (χ2v) is 7.58. The van der Waals surface area contributed by atoms with Gasteiger partial charge in [-0.2, -0.15) is 5.10 Å². The standard InChI is InChI=1S/C20H24N4O2/c1-20(2,3)16(17(21)14-9-10-14)15-11-22-24-18(23-15)19(25)26-12-13-7-5-4-6-8-13/h4-8,11,14H,9-10,12,21H2,1-3H3. The number of hydrogen-bond donors (Lipinski definition) is 1. The van der Waals surface area contributed by atoms with Gasteiger partial charge in [0, 0.05) is 11.3 Å². The number of rotatable bonds is 5. The van der Waals surface area contributed by atoms with Gasteiger partial charge >= 0.3 is 5.97 Å². The lowest BCUT2D eigenvalue weighted by Crippen LogP contribution is -2.19. The Kier molecular flexibility index (Phi) is 5.02. The van der Waals surface area contributed by atoms with E-state index in [1.807, 2.05) is 30.3 Å². The summed E-state index contributed by atoms with van der Waals surface area (Å²) in [5, 5.41) is 7.79. The van der Waals surface area contributed by atoms with Crippen molar-refractivity contribution in [3.05, 3.63) is 59.3 Å². The zero-order valence-electron chi connectivity index (χ0n) is 15.4. The second kappa shape index (κ2) is 7.23. The predicted molar refractivity (Wildman–Crippen MR) is 98.7 cm³/mol. The molecule has 0 unspecified atom stereocenters. The number of hydrogen-bond acceptors (Lipinski definition) is 6. The van der Waals surface area contributed by atoms with Crippen molar-refractivity contribution in [1.29, 1.82) is 0 Å². The minimum atomic E-state index is -0.596. The van der Waals surface area contributed by atoms with Gasteiger partial charge in [-0.3, -0.25) is 0 Å². The van der Waals surface area contributed by atoms with Crippen molar-refractivity contribution in [3.8, 4) is 0 Å². The van der Waals surface area contributed by atoms with Crippen molar-refractivity contribution in [2.75, 3.05) is 0 Å². The fourth-order valence-electron chi connectivity index (χ4n) is 2.86. The number of carbonyl (C=O) groups excluding carboxylic acids is 1. The summed E-state index contributed by atoms with van der Waals surface area (Å²) >= 11 is 0. The lowest BCUT2D eigenvalue weighted by molar-refractivity contribution is 0.0456. The van der Waals surface area contributed by atoms with E-state index >= 15 is 0 Å². The number of carbonyl (C=O) groups is 1. The Hall–Kier alpha value is -2.76. The molecule has 6 heteroatoms. The molecule has 6 nitrogen and oxygen atoms in total. The minimum Gasteiger partial charge on any atom is -0.455 e. The molecule has 1 aromatic carbocycles. The van der Waals surface area contributed by atoms with Gasteiger partial charge in [-0.15, -0.1) is 5.10 Å². The van der Waals surface area contributed by atoms with E-state index in [0.717, 1.165) is 29.7 Å². The van der Waals surface area contributed by atoms with Crippen LogP contribution < -0.4 is 5.73 Å². The maximum atomic E-state index is 12.3. The molecule has 1 aliphatic carbocycles. The van der Waals surface area contributed by atoms with Crippen LogP contribution in [0.25, 0.3) is 5.57 Å². The first-order valence-corrected chi connectivity index (χ1v) is 8.77. The van der Waals surface area contributed by atoms with Gasteiger partial charge in [-0.1, -0.05) is 51.1 Å². The molecule has 1 saturated carbocycles. The highest BCUT2D eigenvalue weighted by atomic mass is 16.5. The Morgan fingerprint density at radius 2 is 1.92 bits per heavy atom. The zero-order valence-corrected chi connectivity index (χ0v) is 15.4. The molecule has 0 saturated heterocycles. The summed E-state index contributed by atoms with van der Waals surface area (Å²) in [6.07, 6.45) is 3.75. The monoisotopic (exact) mass is 352 g/mol. The second-order valence-electron chi connectivity index (χ2n) is 7.58. The average Bonchev–Trinajstić information content (AvgIpc) is 3.45. The highest BCUT2D eigenvalue weighted by molar-refractivity contribution is 5.85. The smallest absolute Gasteiger partial charge is 0.378 e. The molecule has 0 spiro atoms. The third-order valence-electron chi connectivity index (χ3n) is 4.27. The molecule has 0 amide bonds. The summed E-state index contributed by atoms with van der Waals surface area (Å²) in [4.78, 5) is 16.7. The molecule has 0 bridgehead atoms. The van der Waals surface area contributed by atoms with Crippen LogP contribution in [0.4, 0.5) is 0 Å². The van der Waals surface area contributed by atoms with E-state index in [1.54, 1.807) is 6.20 Å². The van der Waals surface area contributed by atoms with Gasteiger partial charge in [0.15, 0.2) is 0 Å². The van der Waals surface area contributed by atoms with Crippen LogP contribution in [0.5, 0.6) is 0 Å². The van der Waals surface area contributed by atoms with Crippen LogP contribution >= 0.6 is 0 Å². The van der Waals surface area contributed by atoms with Gasteiger partial charge in [0.05, 0.1) is 11.9 Å². The molecule has 1 aliphatic rings. The van der Waals surface area contributed by atoms with Crippen LogP contribution in [-0.2, 0) is 11.3 Å². The van der Waals surface area contributed by atoms with Crippen LogP contribution in [0.2, 0.25) is 0 Å². The number of esters is 1. The van der Waals surface area contributed by atoms with Crippen LogP contribution in [0.15, 0.2) is 42.2 Å². The first kappa shape index (κ1) is 18.0. The number of benzene rings is 1. The van der Waals surface area contributed by atoms with Crippen LogP contribution in [-0.4, -0.2) is 21.2 Å². The molecule has 3 rings (SSSR count). The number of nitrogens with zero attached hydrogens (tertiary/aromatic N) is 3. The number of aromatic nitrogens is 3. The molecular weight excluding hydrogens is 328 g/mol. The summed E-state index contributed by atoms with van der Waals surface area (Å²) in [5.74, 6) is -0.252. The zero-order chi connectivity index (χ0) is 18.7. The SMILES string of the molecule is CC(C)(C)C(=C(N)C1CC1)c1cnnc(C(=O)OCc2ccccc2)n1. The van der Waals surface area contributed by atoms with Gasteiger partial charge in [-0.05, 0) is 29.7 Å². The maximum absolute atomic E-state index is 12.3. The molecule has 2 aromatic rings. The molecular formula is C20H24N4O2. The topological polar surface area (TPSA) is 91.0 Å². The lowest BCUT2D eigenvalue weighted by atomic mass is 9.82. The normalized spacial score (nSPS) is 15.3. The number of allylic oxidation sites excluding steroid dienone is 2. The molecule has 1 aromatic heterocycles. The van der Waals surface area contributed by atoms with Gasteiger partial charge in [-0.25, -0.2) is 9.78 Å². The van der Waals surface area contributed by atoms with E-state index < -0.39 is 5.97 Å². The van der Waals surface area contributed by atoms with Gasteiger partial charge in [0.25, 0.3) is 5.82 Å². The van der Waals surface area contributed by atoms with Crippen molar-refractivity contribution in [2.45, 2.75) is 40.2 Å². The molecule has 2 N–H and O–H groups in total. The molecule has 1 heterocycles. The van der Waals surface area contributed by atoms with Crippen molar-refractivity contribution in [1.82, 2.24) is 15.2 Å². The molecule has 0 atom stereocenters. The summed E-state index contributed by atoms with van der Waals surface area (Å²) < 4.78 is 5.30. The molecule has 1 fully saturated rings. The van der Waals surface area contributed by atoms with E-state index in [2.05, 4.69) is 36.0 Å². The quantitative estimate of drug-likeness (QED) is 0.830. The van der Waals surface area contributed by atoms with Crippen LogP contribution in [0.1, 0.15) is 55.5 Å². The fraction of sp³-hybridized carbons (Fsp3) is 0.400. The molecule has 0 radical (unpaired) electrons. The Labute approximate surface area is 153 Å². The summed E-state index contributed by atoms with van der Waals surface area (Å²) in [6, 6.07) is 9.47. The van der Waals surface area contributed by atoms with Crippen LogP contribution in [0, 0.1) is 11.3 Å². The van der Waals surface area contributed by atoms with Gasteiger partial charge in [0.2, 0.25) is 0 Å². The maximum Gasteiger partial charge on any atom is 0.378 e. The molecule has 0 aliphatic heterocycles. The molecule has 136 valence electrons. The average molecular weight is 352 g/mol. The summed E-state index contributed by atoms with van der Waals surface area (Å²) in [5.41, 5.74) is 9.41.